The minimum absolute atomic E-state index is 0.358. The molecule has 0 amide bonds. The fraction of sp³-hybridized carbons (Fsp3) is 0.421. The maximum absolute atomic E-state index is 13.7. The lowest BCUT2D eigenvalue weighted by molar-refractivity contribution is -0.144. The smallest absolute Gasteiger partial charge is 0.325 e. The molecule has 1 aromatic heterocycles. The molecule has 0 radical (unpaired) electrons. The van der Waals surface area contributed by atoms with E-state index in [-0.39, 0.29) is 6.54 Å². The van der Waals surface area contributed by atoms with Gasteiger partial charge in [0.25, 0.3) is 0 Å². The van der Waals surface area contributed by atoms with Crippen molar-refractivity contribution in [2.45, 2.75) is 19.0 Å². The molecule has 1 atom stereocenters. The SMILES string of the molecule is N#CCCN1CCN(C(C(=O)O)c2cn(CC(=O)O)c3cc(F)ccc23)CC1. The third kappa shape index (κ3) is 4.13. The third-order valence-electron chi connectivity index (χ3n) is 5.02. The lowest BCUT2D eigenvalue weighted by Gasteiger charge is -2.37. The van der Waals surface area contributed by atoms with E-state index in [2.05, 4.69) is 11.0 Å². The average Bonchev–Trinajstić information content (AvgIpc) is 2.97. The number of nitrogens with zero attached hydrogens (tertiary/aromatic N) is 4. The zero-order valence-electron chi connectivity index (χ0n) is 15.2. The molecule has 1 aliphatic rings. The monoisotopic (exact) mass is 388 g/mol. The molecule has 1 saturated heterocycles. The van der Waals surface area contributed by atoms with Crippen LogP contribution in [0.1, 0.15) is 18.0 Å². The Morgan fingerprint density at radius 1 is 1.21 bits per heavy atom. The Morgan fingerprint density at radius 3 is 2.54 bits per heavy atom. The number of carbonyl (C=O) groups is 2. The van der Waals surface area contributed by atoms with Gasteiger partial charge in [-0.05, 0) is 18.2 Å². The van der Waals surface area contributed by atoms with Crippen molar-refractivity contribution in [3.8, 4) is 6.07 Å². The second kappa shape index (κ2) is 8.37. The molecule has 8 nitrogen and oxygen atoms in total. The van der Waals surface area contributed by atoms with Crippen LogP contribution in [0, 0.1) is 17.1 Å². The van der Waals surface area contributed by atoms with Crippen molar-refractivity contribution in [2.24, 2.45) is 0 Å². The Balaban J connectivity index is 1.93. The summed E-state index contributed by atoms with van der Waals surface area (Å²) in [5.41, 5.74) is 0.811. The molecule has 28 heavy (non-hydrogen) atoms. The van der Waals surface area contributed by atoms with Crippen LogP contribution in [-0.4, -0.2) is 69.2 Å². The number of fused-ring (bicyclic) bond motifs is 1. The quantitative estimate of drug-likeness (QED) is 0.740. The van der Waals surface area contributed by atoms with Crippen LogP contribution in [0.2, 0.25) is 0 Å². The molecule has 2 N–H and O–H groups in total. The molecule has 0 spiro atoms. The second-order valence-electron chi connectivity index (χ2n) is 6.79. The predicted octanol–water partition coefficient (Wildman–Crippen LogP) is 1.52. The number of hydrogen-bond acceptors (Lipinski definition) is 5. The van der Waals surface area contributed by atoms with Crippen LogP contribution >= 0.6 is 0 Å². The number of carboxylic acid groups (broad SMARTS) is 2. The Morgan fingerprint density at radius 2 is 1.93 bits per heavy atom. The molecule has 9 heteroatoms. The van der Waals surface area contributed by atoms with Gasteiger partial charge in [0.05, 0.1) is 11.6 Å². The van der Waals surface area contributed by atoms with Crippen molar-refractivity contribution < 1.29 is 24.2 Å². The number of benzene rings is 1. The second-order valence-corrected chi connectivity index (χ2v) is 6.79. The van der Waals surface area contributed by atoms with Crippen molar-refractivity contribution in [1.82, 2.24) is 14.4 Å². The molecule has 1 fully saturated rings. The molecular formula is C19H21FN4O4. The summed E-state index contributed by atoms with van der Waals surface area (Å²) < 4.78 is 15.1. The standard InChI is InChI=1S/C19H21FN4O4/c20-13-2-3-14-15(11-24(12-17(25)26)16(14)10-13)18(19(27)28)23-8-6-22(7-9-23)5-1-4-21/h2-3,10-11,18H,1,5-9,12H2,(H,25,26)(H,27,28). The van der Waals surface area contributed by atoms with Crippen molar-refractivity contribution in [2.75, 3.05) is 32.7 Å². The van der Waals surface area contributed by atoms with E-state index in [1.807, 2.05) is 4.90 Å². The van der Waals surface area contributed by atoms with Crippen molar-refractivity contribution in [3.63, 3.8) is 0 Å². The van der Waals surface area contributed by atoms with E-state index >= 15 is 0 Å². The first-order valence-corrected chi connectivity index (χ1v) is 8.97. The van der Waals surface area contributed by atoms with Gasteiger partial charge in [0.2, 0.25) is 0 Å². The van der Waals surface area contributed by atoms with E-state index in [1.54, 1.807) is 0 Å². The van der Waals surface area contributed by atoms with Gasteiger partial charge in [0, 0.05) is 56.3 Å². The summed E-state index contributed by atoms with van der Waals surface area (Å²) in [5, 5.41) is 28.3. The van der Waals surface area contributed by atoms with Gasteiger partial charge in [-0.3, -0.25) is 19.4 Å². The number of nitriles is 1. The van der Waals surface area contributed by atoms with Crippen LogP contribution in [0.4, 0.5) is 4.39 Å². The minimum Gasteiger partial charge on any atom is -0.480 e. The van der Waals surface area contributed by atoms with Gasteiger partial charge in [0.1, 0.15) is 18.4 Å². The first-order chi connectivity index (χ1) is 13.4. The molecule has 2 aromatic rings. The topological polar surface area (TPSA) is 110 Å². The minimum atomic E-state index is -1.09. The molecule has 1 unspecified atom stereocenters. The predicted molar refractivity (Wildman–Crippen MR) is 98.2 cm³/mol. The van der Waals surface area contributed by atoms with Crippen LogP contribution in [0.25, 0.3) is 10.9 Å². The summed E-state index contributed by atoms with van der Waals surface area (Å²) in [5.74, 6) is -2.64. The molecule has 148 valence electrons. The fourth-order valence-electron chi connectivity index (χ4n) is 3.73. The third-order valence-corrected chi connectivity index (χ3v) is 5.02. The maximum atomic E-state index is 13.7. The van der Waals surface area contributed by atoms with Gasteiger partial charge in [-0.15, -0.1) is 0 Å². The lowest BCUT2D eigenvalue weighted by atomic mass is 10.0. The molecule has 0 bridgehead atoms. The van der Waals surface area contributed by atoms with Gasteiger partial charge in [0.15, 0.2) is 0 Å². The summed E-state index contributed by atoms with van der Waals surface area (Å²) in [4.78, 5) is 27.2. The van der Waals surface area contributed by atoms with Crippen LogP contribution < -0.4 is 0 Å². The Labute approximate surface area is 161 Å². The summed E-state index contributed by atoms with van der Waals surface area (Å²) in [6.45, 7) is 2.58. The maximum Gasteiger partial charge on any atom is 0.325 e. The largest absolute Gasteiger partial charge is 0.480 e. The normalized spacial score (nSPS) is 16.7. The van der Waals surface area contributed by atoms with Gasteiger partial charge >= 0.3 is 11.9 Å². The first kappa shape index (κ1) is 19.8. The van der Waals surface area contributed by atoms with E-state index in [0.717, 1.165) is 0 Å². The number of piperazine rings is 1. The zero-order chi connectivity index (χ0) is 20.3. The molecule has 3 rings (SSSR count). The molecule has 1 aliphatic heterocycles. The summed E-state index contributed by atoms with van der Waals surface area (Å²) in [6.07, 6.45) is 1.93. The van der Waals surface area contributed by atoms with E-state index in [4.69, 9.17) is 10.4 Å². The number of aliphatic carboxylic acids is 2. The van der Waals surface area contributed by atoms with E-state index in [9.17, 15) is 19.1 Å². The molecular weight excluding hydrogens is 367 g/mol. The molecule has 2 heterocycles. The summed E-state index contributed by atoms with van der Waals surface area (Å²) in [6, 6.07) is 5.11. The van der Waals surface area contributed by atoms with Crippen molar-refractivity contribution in [1.29, 1.82) is 5.26 Å². The number of carboxylic acids is 2. The van der Waals surface area contributed by atoms with Crippen LogP contribution in [0.3, 0.4) is 0 Å². The fourth-order valence-corrected chi connectivity index (χ4v) is 3.73. The first-order valence-electron chi connectivity index (χ1n) is 8.97. The number of halogens is 1. The van der Waals surface area contributed by atoms with Gasteiger partial charge in [-0.25, -0.2) is 4.39 Å². The van der Waals surface area contributed by atoms with Gasteiger partial charge < -0.3 is 14.8 Å². The highest BCUT2D eigenvalue weighted by Crippen LogP contribution is 2.32. The lowest BCUT2D eigenvalue weighted by Crippen LogP contribution is -2.49. The van der Waals surface area contributed by atoms with Crippen molar-refractivity contribution >= 4 is 22.8 Å². The van der Waals surface area contributed by atoms with E-state index in [1.165, 1.54) is 29.0 Å². The van der Waals surface area contributed by atoms with Crippen molar-refractivity contribution in [3.05, 3.63) is 35.8 Å². The summed E-state index contributed by atoms with van der Waals surface area (Å²) in [7, 11) is 0. The van der Waals surface area contributed by atoms with Gasteiger partial charge in [-0.1, -0.05) is 0 Å². The summed E-state index contributed by atoms with van der Waals surface area (Å²) >= 11 is 0. The van der Waals surface area contributed by atoms with Crippen LogP contribution in [-0.2, 0) is 16.1 Å². The van der Waals surface area contributed by atoms with E-state index < -0.39 is 23.8 Å². The number of rotatable bonds is 7. The highest BCUT2D eigenvalue weighted by Gasteiger charge is 2.32. The molecule has 1 aromatic carbocycles. The Kier molecular flexibility index (Phi) is 5.92. The number of aromatic nitrogens is 1. The van der Waals surface area contributed by atoms with Crippen LogP contribution in [0.15, 0.2) is 24.4 Å². The van der Waals surface area contributed by atoms with Crippen LogP contribution in [0.5, 0.6) is 0 Å². The number of hydrogen-bond donors (Lipinski definition) is 2. The Bertz CT molecular complexity index is 928. The zero-order valence-corrected chi connectivity index (χ0v) is 15.2. The highest BCUT2D eigenvalue weighted by atomic mass is 19.1. The molecule has 0 aliphatic carbocycles. The average molecular weight is 388 g/mol. The molecule has 0 saturated carbocycles. The highest BCUT2D eigenvalue weighted by molar-refractivity contribution is 5.90. The van der Waals surface area contributed by atoms with E-state index in [0.29, 0.717) is 55.6 Å². The Hall–Kier alpha value is -2.96. The van der Waals surface area contributed by atoms with Gasteiger partial charge in [-0.2, -0.15) is 5.26 Å².